The second-order valence-corrected chi connectivity index (χ2v) is 6.92. The maximum absolute atomic E-state index is 12.5. The van der Waals surface area contributed by atoms with Crippen LogP contribution in [0.25, 0.3) is 0 Å². The summed E-state index contributed by atoms with van der Waals surface area (Å²) < 4.78 is 27.7. The minimum absolute atomic E-state index is 0.133. The predicted molar refractivity (Wildman–Crippen MR) is 84.4 cm³/mol. The zero-order valence-corrected chi connectivity index (χ0v) is 13.8. The van der Waals surface area contributed by atoms with Gasteiger partial charge in [0.1, 0.15) is 6.61 Å². The van der Waals surface area contributed by atoms with Crippen LogP contribution in [0.2, 0.25) is 0 Å². The first-order chi connectivity index (χ1) is 9.81. The topological polar surface area (TPSA) is 66.4 Å². The van der Waals surface area contributed by atoms with Gasteiger partial charge in [0.2, 0.25) is 10.0 Å². The lowest BCUT2D eigenvalue weighted by atomic mass is 10.0. The third-order valence-electron chi connectivity index (χ3n) is 3.63. The Bertz CT molecular complexity index is 641. The van der Waals surface area contributed by atoms with Crippen LogP contribution in [0.15, 0.2) is 23.1 Å². The zero-order valence-electron chi connectivity index (χ0n) is 13.0. The second kappa shape index (κ2) is 7.60. The second-order valence-electron chi connectivity index (χ2n) is 5.24. The fourth-order valence-electron chi connectivity index (χ4n) is 1.89. The lowest BCUT2D eigenvalue weighted by Crippen LogP contribution is -2.37. The van der Waals surface area contributed by atoms with E-state index in [9.17, 15) is 8.42 Å². The van der Waals surface area contributed by atoms with E-state index in [2.05, 4.69) is 16.6 Å². The molecule has 0 heterocycles. The molecular formula is C16H23NO3S. The van der Waals surface area contributed by atoms with Crippen LogP contribution in [0.3, 0.4) is 0 Å². The van der Waals surface area contributed by atoms with Gasteiger partial charge in [-0.2, -0.15) is 0 Å². The van der Waals surface area contributed by atoms with Crippen LogP contribution in [0, 0.1) is 24.7 Å². The number of sulfonamides is 1. The molecule has 0 amide bonds. The molecule has 0 aliphatic carbocycles. The van der Waals surface area contributed by atoms with E-state index in [1.54, 1.807) is 25.1 Å². The zero-order chi connectivity index (χ0) is 16.0. The highest BCUT2D eigenvalue weighted by atomic mass is 32.2. The summed E-state index contributed by atoms with van der Waals surface area (Å²) in [4.78, 5) is 0.238. The molecule has 0 saturated heterocycles. The Hall–Kier alpha value is -1.35. The summed E-state index contributed by atoms with van der Waals surface area (Å²) in [6.45, 7) is 7.43. The molecule has 0 fully saturated rings. The number of hydrogen-bond donors (Lipinski definition) is 2. The lowest BCUT2D eigenvalue weighted by Gasteiger charge is -2.20. The Morgan fingerprint density at radius 2 is 2.00 bits per heavy atom. The van der Waals surface area contributed by atoms with E-state index in [1.807, 2.05) is 20.8 Å². The summed E-state index contributed by atoms with van der Waals surface area (Å²) in [5.74, 6) is 5.51. The number of aliphatic hydroxyl groups excluding tert-OH is 1. The predicted octanol–water partition coefficient (Wildman–Crippen LogP) is 2.05. The Balaban J connectivity index is 3.13. The van der Waals surface area contributed by atoms with Crippen LogP contribution in [-0.2, 0) is 10.0 Å². The largest absolute Gasteiger partial charge is 0.384 e. The van der Waals surface area contributed by atoms with Gasteiger partial charge in [-0.15, -0.1) is 0 Å². The molecule has 0 aromatic heterocycles. The van der Waals surface area contributed by atoms with Crippen molar-refractivity contribution in [3.63, 3.8) is 0 Å². The average Bonchev–Trinajstić information content (AvgIpc) is 2.44. The molecule has 1 rings (SSSR count). The normalized spacial score (nSPS) is 14.1. The van der Waals surface area contributed by atoms with Gasteiger partial charge in [0.05, 0.1) is 4.90 Å². The molecule has 2 atom stereocenters. The Morgan fingerprint density at radius 1 is 1.33 bits per heavy atom. The number of hydrogen-bond acceptors (Lipinski definition) is 3. The molecule has 116 valence electrons. The molecule has 2 N–H and O–H groups in total. The van der Waals surface area contributed by atoms with E-state index < -0.39 is 10.0 Å². The van der Waals surface area contributed by atoms with Crippen LogP contribution >= 0.6 is 0 Å². The highest BCUT2D eigenvalue weighted by molar-refractivity contribution is 7.89. The molecular weight excluding hydrogens is 286 g/mol. The minimum Gasteiger partial charge on any atom is -0.384 e. The van der Waals surface area contributed by atoms with Crippen molar-refractivity contribution in [2.24, 2.45) is 5.92 Å². The van der Waals surface area contributed by atoms with Gasteiger partial charge in [-0.1, -0.05) is 38.2 Å². The van der Waals surface area contributed by atoms with Crippen molar-refractivity contribution in [1.29, 1.82) is 0 Å². The molecule has 4 nitrogen and oxygen atoms in total. The van der Waals surface area contributed by atoms with E-state index in [4.69, 9.17) is 5.11 Å². The van der Waals surface area contributed by atoms with E-state index >= 15 is 0 Å². The monoisotopic (exact) mass is 309 g/mol. The smallest absolute Gasteiger partial charge is 0.241 e. The Labute approximate surface area is 127 Å². The summed E-state index contributed by atoms with van der Waals surface area (Å²) in [5, 5.41) is 8.71. The van der Waals surface area contributed by atoms with Crippen LogP contribution in [0.4, 0.5) is 0 Å². The molecule has 0 saturated carbocycles. The van der Waals surface area contributed by atoms with E-state index in [-0.39, 0.29) is 23.5 Å². The van der Waals surface area contributed by atoms with Crippen molar-refractivity contribution >= 4 is 10.0 Å². The number of benzene rings is 1. The quantitative estimate of drug-likeness (QED) is 0.818. The number of aliphatic hydroxyl groups is 1. The van der Waals surface area contributed by atoms with Gasteiger partial charge < -0.3 is 5.11 Å². The van der Waals surface area contributed by atoms with E-state index in [0.29, 0.717) is 11.1 Å². The van der Waals surface area contributed by atoms with Gasteiger partial charge >= 0.3 is 0 Å². The molecule has 0 bridgehead atoms. The molecule has 0 aliphatic rings. The summed E-state index contributed by atoms with van der Waals surface area (Å²) in [5.41, 5.74) is 1.25. The first-order valence-electron chi connectivity index (χ1n) is 7.04. The number of nitrogens with one attached hydrogen (secondary N) is 1. The molecule has 1 aromatic rings. The van der Waals surface area contributed by atoms with Crippen LogP contribution in [0.1, 0.15) is 38.3 Å². The molecule has 5 heteroatoms. The average molecular weight is 309 g/mol. The van der Waals surface area contributed by atoms with E-state index in [1.165, 1.54) is 0 Å². The Kier molecular flexibility index (Phi) is 6.41. The number of rotatable bonds is 5. The van der Waals surface area contributed by atoms with Gasteiger partial charge in [0.25, 0.3) is 0 Å². The molecule has 0 aliphatic heterocycles. The number of aryl methyl sites for hydroxylation is 1. The standard InChI is InChI=1S/C16H23NO3S/c1-5-12(2)14(4)17-21(19,20)16-11-15(7-6-10-18)9-8-13(16)3/h8-9,11-12,14,17-18H,5,10H2,1-4H3. The van der Waals surface area contributed by atoms with Gasteiger partial charge in [-0.05, 0) is 37.5 Å². The van der Waals surface area contributed by atoms with Crippen molar-refractivity contribution in [2.45, 2.75) is 45.1 Å². The fourth-order valence-corrected chi connectivity index (χ4v) is 3.51. The maximum atomic E-state index is 12.5. The van der Waals surface area contributed by atoms with E-state index in [0.717, 1.165) is 6.42 Å². The first kappa shape index (κ1) is 17.7. The highest BCUT2D eigenvalue weighted by Gasteiger charge is 2.22. The highest BCUT2D eigenvalue weighted by Crippen LogP contribution is 2.18. The first-order valence-corrected chi connectivity index (χ1v) is 8.52. The van der Waals surface area contributed by atoms with Crippen molar-refractivity contribution in [2.75, 3.05) is 6.61 Å². The summed E-state index contributed by atoms with van der Waals surface area (Å²) >= 11 is 0. The van der Waals surface area contributed by atoms with Crippen LogP contribution in [0.5, 0.6) is 0 Å². The molecule has 1 aromatic carbocycles. The van der Waals surface area contributed by atoms with Gasteiger partial charge in [-0.3, -0.25) is 0 Å². The van der Waals surface area contributed by atoms with Crippen LogP contribution in [-0.4, -0.2) is 26.2 Å². The molecule has 0 spiro atoms. The van der Waals surface area contributed by atoms with Gasteiger partial charge in [0, 0.05) is 11.6 Å². The maximum Gasteiger partial charge on any atom is 0.241 e. The van der Waals surface area contributed by atoms with Crippen LogP contribution < -0.4 is 4.72 Å². The van der Waals surface area contributed by atoms with Gasteiger partial charge in [0.15, 0.2) is 0 Å². The third-order valence-corrected chi connectivity index (χ3v) is 5.33. The van der Waals surface area contributed by atoms with Crippen molar-refractivity contribution in [3.05, 3.63) is 29.3 Å². The SMILES string of the molecule is CCC(C)C(C)NS(=O)(=O)c1cc(C#CCO)ccc1C. The minimum atomic E-state index is -3.57. The Morgan fingerprint density at radius 3 is 2.57 bits per heavy atom. The molecule has 2 unspecified atom stereocenters. The summed E-state index contributed by atoms with van der Waals surface area (Å²) in [6.07, 6.45) is 0.907. The lowest BCUT2D eigenvalue weighted by molar-refractivity contribution is 0.350. The summed E-state index contributed by atoms with van der Waals surface area (Å²) in [7, 11) is -3.57. The van der Waals surface area contributed by atoms with Crippen molar-refractivity contribution in [1.82, 2.24) is 4.72 Å². The van der Waals surface area contributed by atoms with Crippen molar-refractivity contribution < 1.29 is 13.5 Å². The molecule has 0 radical (unpaired) electrons. The van der Waals surface area contributed by atoms with Crippen molar-refractivity contribution in [3.8, 4) is 11.8 Å². The van der Waals surface area contributed by atoms with Gasteiger partial charge in [-0.25, -0.2) is 13.1 Å². The summed E-state index contributed by atoms with van der Waals surface area (Å²) in [6, 6.07) is 4.88. The fraction of sp³-hybridized carbons (Fsp3) is 0.500. The molecule has 21 heavy (non-hydrogen) atoms. The third kappa shape index (κ3) is 4.85.